The van der Waals surface area contributed by atoms with Crippen molar-refractivity contribution in [2.75, 3.05) is 13.2 Å². The summed E-state index contributed by atoms with van der Waals surface area (Å²) in [6, 6.07) is 0. The number of carboxylic acids is 4. The molecule has 15 nitrogen and oxygen atoms in total. The summed E-state index contributed by atoms with van der Waals surface area (Å²) < 4.78 is 9.60. The van der Waals surface area contributed by atoms with Gasteiger partial charge in [0.25, 0.3) is 0 Å². The normalized spacial score (nSPS) is 34.0. The van der Waals surface area contributed by atoms with Gasteiger partial charge in [-0.2, -0.15) is 0 Å². The van der Waals surface area contributed by atoms with Crippen LogP contribution in [0.1, 0.15) is 72.6 Å². The molecule has 6 N–H and O–H groups in total. The van der Waals surface area contributed by atoms with Gasteiger partial charge in [-0.1, -0.05) is 51.0 Å². The Morgan fingerprint density at radius 2 is 1.04 bits per heavy atom. The number of aliphatic hydroxyl groups excluding tert-OH is 2. The van der Waals surface area contributed by atoms with Crippen molar-refractivity contribution in [3.63, 3.8) is 0 Å². The number of esters is 1. The molecule has 312 valence electrons. The first kappa shape index (κ1) is 45.0. The minimum Gasteiger partial charge on any atom is -0.481 e. The zero-order chi connectivity index (χ0) is 43.0. The van der Waals surface area contributed by atoms with Crippen molar-refractivity contribution >= 4 is 41.4 Å². The molecule has 0 aromatic carbocycles. The number of hydrogen-bond donors (Lipinski definition) is 6. The number of allylic oxidation sites excluding steroid dienone is 6. The standard InChI is InChI=1S/C35H44O12.C7H10O3/c1-17(2)26(38)12-24(36)15-33(29(42)43)21-7-6-20(10-21)32(33,28(40)41)14-19(5)35(31(46)47)23-9-8-22(11-23)34(35,30(44)45)16-25(37)13-27(39)18(3)4;1-5(2)7(8)10-4-6-3-9-6/h6-9,19-25,36-37H,1,3,10-16H2,2,4-5H3,(H,40,41)(H,42,43)(H,44,45)(H,46,47);6H,1,3-4H2,2H3. The molecule has 12 atom stereocenters. The number of carboxylic acid groups (broad SMARTS) is 4. The second-order valence-electron chi connectivity index (χ2n) is 16.6. The predicted molar refractivity (Wildman–Crippen MR) is 201 cm³/mol. The lowest BCUT2D eigenvalue weighted by Gasteiger charge is -2.54. The number of rotatable bonds is 20. The Morgan fingerprint density at radius 1 is 0.649 bits per heavy atom. The molecule has 1 heterocycles. The molecule has 2 saturated carbocycles. The van der Waals surface area contributed by atoms with Gasteiger partial charge in [0, 0.05) is 18.4 Å². The summed E-state index contributed by atoms with van der Waals surface area (Å²) in [6.07, 6.45) is 0.727. The zero-order valence-corrected chi connectivity index (χ0v) is 32.8. The predicted octanol–water partition coefficient (Wildman–Crippen LogP) is 3.79. The van der Waals surface area contributed by atoms with E-state index < -0.39 is 131 Å². The van der Waals surface area contributed by atoms with Crippen molar-refractivity contribution in [1.82, 2.24) is 0 Å². The second kappa shape index (κ2) is 16.6. The average molecular weight is 799 g/mol. The Balaban J connectivity index is 0.000000626. The molecule has 4 bridgehead atoms. The Hall–Kier alpha value is -4.73. The molecule has 3 fully saturated rings. The van der Waals surface area contributed by atoms with Crippen LogP contribution in [0.25, 0.3) is 0 Å². The molecule has 0 aromatic rings. The van der Waals surface area contributed by atoms with Crippen LogP contribution in [0.2, 0.25) is 0 Å². The maximum atomic E-state index is 13.6. The summed E-state index contributed by atoms with van der Waals surface area (Å²) in [7, 11) is 0. The SMILES string of the molecule is C=C(C)C(=O)CC(O)CC1(C(=O)O)C2C=CC(C2)C1(CC(C)C1(C(=O)O)C2C=CC(C2)C1(CC(O)CC(=O)C(=C)C)C(=O)O)C(=O)O.C=C(C)C(=O)OCC1CO1. The van der Waals surface area contributed by atoms with Gasteiger partial charge in [0.2, 0.25) is 0 Å². The highest BCUT2D eigenvalue weighted by Crippen LogP contribution is 2.73. The van der Waals surface area contributed by atoms with E-state index in [1.807, 2.05) is 0 Å². The maximum Gasteiger partial charge on any atom is 0.333 e. The van der Waals surface area contributed by atoms with Gasteiger partial charge < -0.3 is 40.1 Å². The molecule has 5 aliphatic rings. The molecular weight excluding hydrogens is 744 g/mol. The van der Waals surface area contributed by atoms with E-state index in [1.165, 1.54) is 20.8 Å². The van der Waals surface area contributed by atoms with Gasteiger partial charge in [-0.25, -0.2) is 4.79 Å². The molecule has 5 rings (SSSR count). The van der Waals surface area contributed by atoms with Crippen molar-refractivity contribution in [3.8, 4) is 0 Å². The third-order valence-electron chi connectivity index (χ3n) is 13.1. The van der Waals surface area contributed by atoms with E-state index in [9.17, 15) is 64.2 Å². The van der Waals surface area contributed by atoms with Gasteiger partial charge in [0.15, 0.2) is 11.6 Å². The van der Waals surface area contributed by atoms with Crippen LogP contribution in [-0.4, -0.2) is 104 Å². The number of carbonyl (C=O) groups is 7. The molecule has 0 amide bonds. The Bertz CT molecular complexity index is 1800. The first-order chi connectivity index (χ1) is 26.5. The van der Waals surface area contributed by atoms with Crippen LogP contribution in [-0.2, 0) is 43.0 Å². The van der Waals surface area contributed by atoms with Gasteiger partial charge >= 0.3 is 29.8 Å². The highest BCUT2D eigenvalue weighted by Gasteiger charge is 2.79. The maximum absolute atomic E-state index is 13.6. The molecule has 12 unspecified atom stereocenters. The first-order valence-electron chi connectivity index (χ1n) is 18.9. The van der Waals surface area contributed by atoms with Crippen molar-refractivity contribution in [2.45, 2.75) is 91.0 Å². The Kier molecular flexibility index (Phi) is 13.1. The van der Waals surface area contributed by atoms with Crippen LogP contribution in [0.3, 0.4) is 0 Å². The largest absolute Gasteiger partial charge is 0.481 e. The van der Waals surface area contributed by atoms with Crippen LogP contribution in [0, 0.1) is 51.2 Å². The molecule has 1 aliphatic heterocycles. The van der Waals surface area contributed by atoms with E-state index in [2.05, 4.69) is 19.7 Å². The van der Waals surface area contributed by atoms with Crippen LogP contribution in [0.15, 0.2) is 60.8 Å². The second-order valence-corrected chi connectivity index (χ2v) is 16.6. The summed E-state index contributed by atoms with van der Waals surface area (Å²) >= 11 is 0. The van der Waals surface area contributed by atoms with Gasteiger partial charge in [-0.15, -0.1) is 0 Å². The smallest absolute Gasteiger partial charge is 0.333 e. The van der Waals surface area contributed by atoms with Crippen LogP contribution in [0.4, 0.5) is 0 Å². The Morgan fingerprint density at radius 3 is 1.42 bits per heavy atom. The number of carbonyl (C=O) groups excluding carboxylic acids is 3. The van der Waals surface area contributed by atoms with Crippen LogP contribution >= 0.6 is 0 Å². The van der Waals surface area contributed by atoms with E-state index in [4.69, 9.17) is 9.47 Å². The van der Waals surface area contributed by atoms with Crippen molar-refractivity contribution in [1.29, 1.82) is 0 Å². The molecule has 0 radical (unpaired) electrons. The first-order valence-corrected chi connectivity index (χ1v) is 18.9. The quantitative estimate of drug-likeness (QED) is 0.0443. The van der Waals surface area contributed by atoms with E-state index in [0.29, 0.717) is 18.8 Å². The lowest BCUT2D eigenvalue weighted by atomic mass is 9.46. The number of aliphatic carboxylic acids is 4. The third-order valence-corrected chi connectivity index (χ3v) is 13.1. The molecule has 4 aliphatic carbocycles. The molecule has 57 heavy (non-hydrogen) atoms. The van der Waals surface area contributed by atoms with Crippen LogP contribution in [0.5, 0.6) is 0 Å². The summed E-state index contributed by atoms with van der Waals surface area (Å²) in [5, 5.41) is 65.9. The fourth-order valence-corrected chi connectivity index (χ4v) is 10.5. The van der Waals surface area contributed by atoms with Gasteiger partial charge in [-0.05, 0) is 93.6 Å². The fourth-order valence-electron chi connectivity index (χ4n) is 10.5. The average Bonchev–Trinajstić information content (AvgIpc) is 3.39. The molecule has 0 aromatic heterocycles. The zero-order valence-electron chi connectivity index (χ0n) is 32.8. The molecule has 1 saturated heterocycles. The molecule has 15 heteroatoms. The highest BCUT2D eigenvalue weighted by molar-refractivity contribution is 5.96. The monoisotopic (exact) mass is 798 g/mol. The number of Topliss-reactive ketones (excluding diaryl/α,β-unsaturated/α-hetero) is 2. The third kappa shape index (κ3) is 7.56. The number of ketones is 2. The number of hydrogen-bond acceptors (Lipinski definition) is 11. The summed E-state index contributed by atoms with van der Waals surface area (Å²) in [5.41, 5.74) is -8.07. The summed E-state index contributed by atoms with van der Waals surface area (Å²) in [5.74, 6) is -12.4. The van der Waals surface area contributed by atoms with E-state index in [1.54, 1.807) is 31.2 Å². The Labute approximate surface area is 330 Å². The number of epoxide rings is 1. The van der Waals surface area contributed by atoms with Crippen molar-refractivity contribution < 1.29 is 73.7 Å². The highest BCUT2D eigenvalue weighted by atomic mass is 16.6. The molecular formula is C42H54O15. The van der Waals surface area contributed by atoms with Gasteiger partial charge in [-0.3, -0.25) is 28.8 Å². The number of fused-ring (bicyclic) bond motifs is 4. The topological polar surface area (TPSA) is 263 Å². The van der Waals surface area contributed by atoms with Crippen molar-refractivity contribution in [3.05, 3.63) is 60.8 Å². The van der Waals surface area contributed by atoms with Gasteiger partial charge in [0.05, 0.1) is 40.5 Å². The number of aliphatic hydroxyl groups is 2. The lowest BCUT2D eigenvalue weighted by Crippen LogP contribution is -2.62. The minimum atomic E-state index is -2.21. The van der Waals surface area contributed by atoms with E-state index >= 15 is 0 Å². The molecule has 0 spiro atoms. The van der Waals surface area contributed by atoms with Crippen molar-refractivity contribution in [2.24, 2.45) is 51.2 Å². The van der Waals surface area contributed by atoms with E-state index in [-0.39, 0.29) is 36.1 Å². The fraction of sp³-hybridized carbons (Fsp3) is 0.595. The number of ether oxygens (including phenoxy) is 2. The lowest BCUT2D eigenvalue weighted by molar-refractivity contribution is -0.196. The van der Waals surface area contributed by atoms with Crippen LogP contribution < -0.4 is 0 Å². The summed E-state index contributed by atoms with van der Waals surface area (Å²) in [6.45, 7) is 17.5. The minimum absolute atomic E-state index is 0.0852. The van der Waals surface area contributed by atoms with Gasteiger partial charge in [0.1, 0.15) is 12.7 Å². The van der Waals surface area contributed by atoms with E-state index in [0.717, 1.165) is 0 Å². The summed E-state index contributed by atoms with van der Waals surface area (Å²) in [4.78, 5) is 89.5.